The Kier molecular flexibility index (Phi) is 7.02. The number of carbonyl (C=O) groups excluding carboxylic acids is 4. The molecule has 31 heavy (non-hydrogen) atoms. The summed E-state index contributed by atoms with van der Waals surface area (Å²) in [7, 11) is 0. The maximum Gasteiger partial charge on any atom is 0.255 e. The lowest BCUT2D eigenvalue weighted by atomic mass is 10.1. The molecule has 1 aliphatic rings. The Balaban J connectivity index is 1.59. The van der Waals surface area contributed by atoms with E-state index in [0.29, 0.717) is 30.0 Å². The molecule has 2 aromatic rings. The van der Waals surface area contributed by atoms with Crippen molar-refractivity contribution in [3.8, 4) is 0 Å². The first-order valence-electron chi connectivity index (χ1n) is 10.3. The van der Waals surface area contributed by atoms with Gasteiger partial charge in [0.2, 0.25) is 11.8 Å². The van der Waals surface area contributed by atoms with Gasteiger partial charge in [0.15, 0.2) is 0 Å². The molecule has 1 saturated heterocycles. The zero-order valence-corrected chi connectivity index (χ0v) is 17.4. The van der Waals surface area contributed by atoms with Gasteiger partial charge in [-0.25, -0.2) is 0 Å². The highest BCUT2D eigenvalue weighted by Gasteiger charge is 2.33. The largest absolute Gasteiger partial charge is 0.366 e. The van der Waals surface area contributed by atoms with Gasteiger partial charge in [0.25, 0.3) is 11.8 Å². The summed E-state index contributed by atoms with van der Waals surface area (Å²) in [5, 5.41) is 5.48. The number of nitrogens with one attached hydrogen (secondary N) is 2. The fourth-order valence-corrected chi connectivity index (χ4v) is 3.46. The Morgan fingerprint density at radius 1 is 1.06 bits per heavy atom. The van der Waals surface area contributed by atoms with E-state index >= 15 is 0 Å². The second-order valence-corrected chi connectivity index (χ2v) is 7.52. The topological polar surface area (TPSA) is 122 Å². The minimum Gasteiger partial charge on any atom is -0.366 e. The fraction of sp³-hybridized carbons (Fsp3) is 0.304. The van der Waals surface area contributed by atoms with Gasteiger partial charge in [-0.2, -0.15) is 0 Å². The van der Waals surface area contributed by atoms with Crippen molar-refractivity contribution in [2.45, 2.75) is 26.2 Å². The number of likely N-dealkylation sites (tertiary alicyclic amines) is 1. The fourth-order valence-electron chi connectivity index (χ4n) is 3.46. The van der Waals surface area contributed by atoms with Crippen LogP contribution in [0.5, 0.6) is 0 Å². The summed E-state index contributed by atoms with van der Waals surface area (Å²) in [6.45, 7) is 3.18. The third-order valence-electron chi connectivity index (χ3n) is 5.22. The first kappa shape index (κ1) is 22.0. The number of benzene rings is 2. The summed E-state index contributed by atoms with van der Waals surface area (Å²) < 4.78 is 0. The molecule has 4 amide bonds. The van der Waals surface area contributed by atoms with Crippen molar-refractivity contribution in [1.29, 1.82) is 0 Å². The molecule has 1 aliphatic heterocycles. The minimum absolute atomic E-state index is 0.0110. The molecule has 2 aromatic carbocycles. The molecule has 8 nitrogen and oxygen atoms in total. The van der Waals surface area contributed by atoms with E-state index in [0.717, 1.165) is 12.8 Å². The molecule has 0 spiro atoms. The Hall–Kier alpha value is -3.68. The number of para-hydroxylation sites is 1. The summed E-state index contributed by atoms with van der Waals surface area (Å²) >= 11 is 0. The van der Waals surface area contributed by atoms with Crippen LogP contribution in [-0.2, 0) is 9.59 Å². The zero-order chi connectivity index (χ0) is 22.4. The number of hydrogen-bond donors (Lipinski definition) is 3. The van der Waals surface area contributed by atoms with Crippen LogP contribution in [0.15, 0.2) is 48.5 Å². The van der Waals surface area contributed by atoms with Crippen molar-refractivity contribution < 1.29 is 19.2 Å². The number of anilines is 2. The van der Waals surface area contributed by atoms with Crippen LogP contribution in [0.4, 0.5) is 11.4 Å². The van der Waals surface area contributed by atoms with Crippen LogP contribution in [0.25, 0.3) is 0 Å². The number of amides is 4. The predicted molar refractivity (Wildman–Crippen MR) is 118 cm³/mol. The van der Waals surface area contributed by atoms with Gasteiger partial charge < -0.3 is 21.3 Å². The Morgan fingerprint density at radius 3 is 2.45 bits per heavy atom. The average Bonchev–Trinajstić information content (AvgIpc) is 3.13. The molecular formula is C23H26N4O4. The Bertz CT molecular complexity index is 987. The molecule has 0 bridgehead atoms. The van der Waals surface area contributed by atoms with E-state index in [9.17, 15) is 19.2 Å². The summed E-state index contributed by atoms with van der Waals surface area (Å²) in [6, 6.07) is 12.9. The molecule has 0 saturated carbocycles. The molecule has 0 aliphatic carbocycles. The number of rotatable bonds is 8. The summed E-state index contributed by atoms with van der Waals surface area (Å²) in [5.74, 6) is -1.61. The average molecular weight is 422 g/mol. The van der Waals surface area contributed by atoms with Gasteiger partial charge in [-0.3, -0.25) is 19.2 Å². The number of carbonyl (C=O) groups is 4. The normalized spacial score (nSPS) is 15.6. The smallest absolute Gasteiger partial charge is 0.255 e. The Morgan fingerprint density at radius 2 is 1.77 bits per heavy atom. The SMILES string of the molecule is CCCCN1C[C@H](C(=O)Nc2ccc(C(=O)Nc3ccccc3C(N)=O)cc2)CC1=O. The highest BCUT2D eigenvalue weighted by molar-refractivity contribution is 6.09. The molecule has 162 valence electrons. The zero-order valence-electron chi connectivity index (χ0n) is 17.4. The molecule has 1 fully saturated rings. The van der Waals surface area contributed by atoms with Gasteiger partial charge in [-0.05, 0) is 42.8 Å². The molecular weight excluding hydrogens is 396 g/mol. The second kappa shape index (κ2) is 9.88. The molecule has 0 aromatic heterocycles. The molecule has 0 unspecified atom stereocenters. The molecule has 0 radical (unpaired) electrons. The number of primary amides is 1. The van der Waals surface area contributed by atoms with Crippen LogP contribution in [-0.4, -0.2) is 41.6 Å². The van der Waals surface area contributed by atoms with Gasteiger partial charge in [0.05, 0.1) is 17.2 Å². The highest BCUT2D eigenvalue weighted by Crippen LogP contribution is 2.21. The summed E-state index contributed by atoms with van der Waals surface area (Å²) in [4.78, 5) is 50.3. The molecule has 3 rings (SSSR count). The van der Waals surface area contributed by atoms with E-state index < -0.39 is 11.8 Å². The van der Waals surface area contributed by atoms with Crippen molar-refractivity contribution in [2.75, 3.05) is 23.7 Å². The van der Waals surface area contributed by atoms with Crippen molar-refractivity contribution in [1.82, 2.24) is 4.90 Å². The maximum absolute atomic E-state index is 12.5. The van der Waals surface area contributed by atoms with Crippen LogP contribution in [0.3, 0.4) is 0 Å². The molecule has 1 atom stereocenters. The van der Waals surface area contributed by atoms with Gasteiger partial charge in [0.1, 0.15) is 0 Å². The van der Waals surface area contributed by atoms with Crippen LogP contribution >= 0.6 is 0 Å². The number of hydrogen-bond acceptors (Lipinski definition) is 4. The van der Waals surface area contributed by atoms with Crippen molar-refractivity contribution in [3.05, 3.63) is 59.7 Å². The van der Waals surface area contributed by atoms with Crippen molar-refractivity contribution in [2.24, 2.45) is 11.7 Å². The number of unbranched alkanes of at least 4 members (excludes halogenated alkanes) is 1. The summed E-state index contributed by atoms with van der Waals surface area (Å²) in [5.41, 5.74) is 6.78. The van der Waals surface area contributed by atoms with Gasteiger partial charge in [0, 0.05) is 30.8 Å². The minimum atomic E-state index is -0.632. The van der Waals surface area contributed by atoms with Crippen LogP contribution in [0.2, 0.25) is 0 Å². The standard InChI is InChI=1S/C23H26N4O4/c1-2-3-12-27-14-16(13-20(27)28)23(31)25-17-10-8-15(9-11-17)22(30)26-19-7-5-4-6-18(19)21(24)29/h4-11,16H,2-3,12-14H2,1H3,(H2,24,29)(H,25,31)(H,26,30)/t16-/m1/s1. The van der Waals surface area contributed by atoms with E-state index in [1.807, 2.05) is 0 Å². The highest BCUT2D eigenvalue weighted by atomic mass is 16.2. The first-order valence-corrected chi connectivity index (χ1v) is 10.3. The lowest BCUT2D eigenvalue weighted by molar-refractivity contribution is -0.128. The lowest BCUT2D eigenvalue weighted by Gasteiger charge is -2.16. The second-order valence-electron chi connectivity index (χ2n) is 7.52. The monoisotopic (exact) mass is 422 g/mol. The third kappa shape index (κ3) is 5.48. The number of nitrogens with zero attached hydrogens (tertiary/aromatic N) is 1. The third-order valence-corrected chi connectivity index (χ3v) is 5.22. The van der Waals surface area contributed by atoms with E-state index in [-0.39, 0.29) is 29.7 Å². The van der Waals surface area contributed by atoms with Gasteiger partial charge in [-0.15, -0.1) is 0 Å². The predicted octanol–water partition coefficient (Wildman–Crippen LogP) is 2.62. The lowest BCUT2D eigenvalue weighted by Crippen LogP contribution is -2.29. The van der Waals surface area contributed by atoms with Crippen LogP contribution < -0.4 is 16.4 Å². The van der Waals surface area contributed by atoms with E-state index in [2.05, 4.69) is 17.6 Å². The van der Waals surface area contributed by atoms with E-state index in [1.54, 1.807) is 47.4 Å². The first-order chi connectivity index (χ1) is 14.9. The van der Waals surface area contributed by atoms with Gasteiger partial charge >= 0.3 is 0 Å². The molecule has 4 N–H and O–H groups in total. The maximum atomic E-state index is 12.5. The summed E-state index contributed by atoms with van der Waals surface area (Å²) in [6.07, 6.45) is 2.14. The van der Waals surface area contributed by atoms with Crippen LogP contribution in [0.1, 0.15) is 46.9 Å². The van der Waals surface area contributed by atoms with E-state index in [1.165, 1.54) is 6.07 Å². The van der Waals surface area contributed by atoms with Crippen LogP contribution in [0, 0.1) is 5.92 Å². The van der Waals surface area contributed by atoms with Gasteiger partial charge in [-0.1, -0.05) is 25.5 Å². The number of nitrogens with two attached hydrogens (primary N) is 1. The molecule has 1 heterocycles. The van der Waals surface area contributed by atoms with E-state index in [4.69, 9.17) is 5.73 Å². The Labute approximate surface area is 180 Å². The quantitative estimate of drug-likeness (QED) is 0.605. The van der Waals surface area contributed by atoms with Crippen molar-refractivity contribution in [3.63, 3.8) is 0 Å². The van der Waals surface area contributed by atoms with Crippen molar-refractivity contribution >= 4 is 35.0 Å². The molecule has 8 heteroatoms.